The third kappa shape index (κ3) is 5.63. The van der Waals surface area contributed by atoms with E-state index < -0.39 is 0 Å². The summed E-state index contributed by atoms with van der Waals surface area (Å²) in [7, 11) is 1.60. The standard InChI is InChI=1S/C24H25ClN2O3S/c1-16(18-5-6-18)13-30-21-10-9-20(11-22(21)29-2)27-15-26-23(12-24(27)28)31-14-17-3-7-19(25)8-4-17/h3-4,7-12,15-16,18H,5-6,13-14H2,1-2H3. The first-order valence-electron chi connectivity index (χ1n) is 10.3. The average Bonchev–Trinajstić information content (AvgIpc) is 3.63. The summed E-state index contributed by atoms with van der Waals surface area (Å²) in [4.78, 5) is 17.1. The Kier molecular flexibility index (Phi) is 6.88. The van der Waals surface area contributed by atoms with Gasteiger partial charge in [-0.2, -0.15) is 0 Å². The van der Waals surface area contributed by atoms with Crippen LogP contribution in [0.3, 0.4) is 0 Å². The number of rotatable bonds is 9. The monoisotopic (exact) mass is 456 g/mol. The smallest absolute Gasteiger partial charge is 0.258 e. The fourth-order valence-corrected chi connectivity index (χ4v) is 4.28. The molecule has 2 aromatic carbocycles. The molecule has 7 heteroatoms. The van der Waals surface area contributed by atoms with Crippen LogP contribution in [-0.2, 0) is 5.75 Å². The van der Waals surface area contributed by atoms with Crippen LogP contribution >= 0.6 is 23.4 Å². The summed E-state index contributed by atoms with van der Waals surface area (Å²) < 4.78 is 13.0. The van der Waals surface area contributed by atoms with E-state index in [1.54, 1.807) is 25.6 Å². The minimum absolute atomic E-state index is 0.147. The fourth-order valence-electron chi connectivity index (χ4n) is 3.34. The molecule has 3 aromatic rings. The van der Waals surface area contributed by atoms with Crippen LogP contribution in [0.15, 0.2) is 64.7 Å². The van der Waals surface area contributed by atoms with Gasteiger partial charge < -0.3 is 9.47 Å². The molecule has 1 aliphatic carbocycles. The van der Waals surface area contributed by atoms with Crippen molar-refractivity contribution in [3.05, 3.63) is 75.8 Å². The SMILES string of the molecule is COc1cc(-n2cnc(SCc3ccc(Cl)cc3)cc2=O)ccc1OCC(C)C1CC1. The summed E-state index contributed by atoms with van der Waals surface area (Å²) in [5.41, 5.74) is 1.66. The van der Waals surface area contributed by atoms with Crippen LogP contribution in [0.1, 0.15) is 25.3 Å². The van der Waals surface area contributed by atoms with Crippen molar-refractivity contribution in [1.29, 1.82) is 0 Å². The van der Waals surface area contributed by atoms with E-state index in [1.807, 2.05) is 36.4 Å². The van der Waals surface area contributed by atoms with E-state index in [0.29, 0.717) is 45.5 Å². The second-order valence-electron chi connectivity index (χ2n) is 7.81. The van der Waals surface area contributed by atoms with E-state index in [1.165, 1.54) is 29.2 Å². The summed E-state index contributed by atoms with van der Waals surface area (Å²) in [6.45, 7) is 2.89. The lowest BCUT2D eigenvalue weighted by atomic mass is 10.1. The minimum atomic E-state index is -0.147. The van der Waals surface area contributed by atoms with Crippen LogP contribution in [0.4, 0.5) is 0 Å². The van der Waals surface area contributed by atoms with Gasteiger partial charge in [-0.15, -0.1) is 11.8 Å². The molecule has 0 bridgehead atoms. The number of aromatic nitrogens is 2. The first-order valence-corrected chi connectivity index (χ1v) is 11.7. The predicted octanol–water partition coefficient (Wildman–Crippen LogP) is 5.61. The van der Waals surface area contributed by atoms with Crippen LogP contribution in [0.5, 0.6) is 11.5 Å². The van der Waals surface area contributed by atoms with Crippen molar-refractivity contribution in [2.24, 2.45) is 11.8 Å². The van der Waals surface area contributed by atoms with Crippen molar-refractivity contribution in [2.75, 3.05) is 13.7 Å². The molecule has 0 N–H and O–H groups in total. The van der Waals surface area contributed by atoms with Gasteiger partial charge >= 0.3 is 0 Å². The molecule has 1 aliphatic rings. The Morgan fingerprint density at radius 3 is 2.61 bits per heavy atom. The molecule has 1 aromatic heterocycles. The second-order valence-corrected chi connectivity index (χ2v) is 9.24. The topological polar surface area (TPSA) is 53.4 Å². The van der Waals surface area contributed by atoms with Crippen molar-refractivity contribution in [3.8, 4) is 17.2 Å². The van der Waals surface area contributed by atoms with E-state index in [-0.39, 0.29) is 5.56 Å². The average molecular weight is 457 g/mol. The third-order valence-corrected chi connectivity index (χ3v) is 6.69. The first kappa shape index (κ1) is 21.8. The minimum Gasteiger partial charge on any atom is -0.493 e. The fraction of sp³-hybridized carbons (Fsp3) is 0.333. The van der Waals surface area contributed by atoms with Gasteiger partial charge in [0.2, 0.25) is 0 Å². The Morgan fingerprint density at radius 2 is 1.94 bits per heavy atom. The maximum absolute atomic E-state index is 12.7. The predicted molar refractivity (Wildman–Crippen MR) is 125 cm³/mol. The molecular formula is C24H25ClN2O3S. The van der Waals surface area contributed by atoms with E-state index in [0.717, 1.165) is 11.5 Å². The van der Waals surface area contributed by atoms with Crippen molar-refractivity contribution in [1.82, 2.24) is 9.55 Å². The largest absolute Gasteiger partial charge is 0.493 e. The van der Waals surface area contributed by atoms with Crippen molar-refractivity contribution in [3.63, 3.8) is 0 Å². The molecular weight excluding hydrogens is 432 g/mol. The molecule has 4 rings (SSSR count). The maximum atomic E-state index is 12.7. The molecule has 5 nitrogen and oxygen atoms in total. The zero-order valence-electron chi connectivity index (χ0n) is 17.6. The molecule has 0 aliphatic heterocycles. The third-order valence-electron chi connectivity index (χ3n) is 5.44. The van der Waals surface area contributed by atoms with Crippen LogP contribution < -0.4 is 15.0 Å². The van der Waals surface area contributed by atoms with Gasteiger partial charge in [0.25, 0.3) is 5.56 Å². The molecule has 0 amide bonds. The number of hydrogen-bond acceptors (Lipinski definition) is 5. The lowest BCUT2D eigenvalue weighted by Crippen LogP contribution is -2.18. The number of ether oxygens (including phenoxy) is 2. The molecule has 1 atom stereocenters. The van der Waals surface area contributed by atoms with Gasteiger partial charge in [0, 0.05) is 22.9 Å². The molecule has 1 fully saturated rings. The Balaban J connectivity index is 1.45. The van der Waals surface area contributed by atoms with Gasteiger partial charge in [0.1, 0.15) is 11.4 Å². The highest BCUT2D eigenvalue weighted by atomic mass is 35.5. The van der Waals surface area contributed by atoms with Crippen LogP contribution in [0, 0.1) is 11.8 Å². The van der Waals surface area contributed by atoms with Crippen LogP contribution in [-0.4, -0.2) is 23.3 Å². The molecule has 1 unspecified atom stereocenters. The number of hydrogen-bond donors (Lipinski definition) is 0. The second kappa shape index (κ2) is 9.79. The zero-order chi connectivity index (χ0) is 21.8. The molecule has 0 spiro atoms. The van der Waals surface area contributed by atoms with Crippen molar-refractivity contribution < 1.29 is 9.47 Å². The highest BCUT2D eigenvalue weighted by Crippen LogP contribution is 2.37. The molecule has 0 radical (unpaired) electrons. The van der Waals surface area contributed by atoms with E-state index in [4.69, 9.17) is 21.1 Å². The van der Waals surface area contributed by atoms with E-state index >= 15 is 0 Å². The molecule has 1 saturated carbocycles. The summed E-state index contributed by atoms with van der Waals surface area (Å²) >= 11 is 7.43. The van der Waals surface area contributed by atoms with Crippen molar-refractivity contribution in [2.45, 2.75) is 30.5 Å². The van der Waals surface area contributed by atoms with Gasteiger partial charge in [0.05, 0.1) is 19.4 Å². The van der Waals surface area contributed by atoms with Gasteiger partial charge in [-0.1, -0.05) is 30.7 Å². The highest BCUT2D eigenvalue weighted by molar-refractivity contribution is 7.98. The summed E-state index contributed by atoms with van der Waals surface area (Å²) in [5, 5.41) is 1.39. The van der Waals surface area contributed by atoms with E-state index in [9.17, 15) is 4.79 Å². The number of nitrogens with zero attached hydrogens (tertiary/aromatic N) is 2. The quantitative estimate of drug-likeness (QED) is 0.309. The van der Waals surface area contributed by atoms with Crippen molar-refractivity contribution >= 4 is 23.4 Å². The Hall–Kier alpha value is -2.44. The number of methoxy groups -OCH3 is 1. The molecule has 31 heavy (non-hydrogen) atoms. The van der Waals surface area contributed by atoms with Crippen LogP contribution in [0.25, 0.3) is 5.69 Å². The normalized spacial score (nSPS) is 14.3. The highest BCUT2D eigenvalue weighted by Gasteiger charge is 2.28. The number of benzene rings is 2. The van der Waals surface area contributed by atoms with Gasteiger partial charge in [-0.05, 0) is 54.5 Å². The van der Waals surface area contributed by atoms with E-state index in [2.05, 4.69) is 11.9 Å². The Bertz CT molecular complexity index is 1100. The molecule has 162 valence electrons. The number of halogens is 1. The Morgan fingerprint density at radius 1 is 1.16 bits per heavy atom. The molecule has 1 heterocycles. The summed E-state index contributed by atoms with van der Waals surface area (Å²) in [5.74, 6) is 3.33. The van der Waals surface area contributed by atoms with Gasteiger partial charge in [0.15, 0.2) is 11.5 Å². The van der Waals surface area contributed by atoms with Gasteiger partial charge in [-0.3, -0.25) is 9.36 Å². The van der Waals surface area contributed by atoms with Gasteiger partial charge in [-0.25, -0.2) is 4.98 Å². The number of thioether (sulfide) groups is 1. The maximum Gasteiger partial charge on any atom is 0.258 e. The summed E-state index contributed by atoms with van der Waals surface area (Å²) in [6, 6.07) is 14.7. The Labute approximate surface area is 191 Å². The lowest BCUT2D eigenvalue weighted by molar-refractivity contribution is 0.234. The molecule has 0 saturated heterocycles. The first-order chi connectivity index (χ1) is 15.0. The summed E-state index contributed by atoms with van der Waals surface area (Å²) in [6.07, 6.45) is 4.14. The lowest BCUT2D eigenvalue weighted by Gasteiger charge is -2.16. The zero-order valence-corrected chi connectivity index (χ0v) is 19.2. The van der Waals surface area contributed by atoms with Crippen LogP contribution in [0.2, 0.25) is 5.02 Å².